The molecule has 0 saturated heterocycles. The van der Waals surface area contributed by atoms with Gasteiger partial charge in [0.15, 0.2) is 5.01 Å². The second-order valence-corrected chi connectivity index (χ2v) is 5.10. The number of hydrogen-bond acceptors (Lipinski definition) is 4. The number of rotatable bonds is 4. The van der Waals surface area contributed by atoms with E-state index >= 15 is 0 Å². The maximum absolute atomic E-state index is 12.4. The van der Waals surface area contributed by atoms with Crippen LogP contribution in [0.25, 0.3) is 0 Å². The van der Waals surface area contributed by atoms with E-state index in [1.807, 2.05) is 13.8 Å². The molecule has 2 atom stereocenters. The van der Waals surface area contributed by atoms with E-state index in [1.54, 1.807) is 0 Å². The van der Waals surface area contributed by atoms with Crippen LogP contribution in [-0.2, 0) is 10.9 Å². The average molecular weight is 268 g/mol. The van der Waals surface area contributed by atoms with Crippen molar-refractivity contribution in [3.63, 3.8) is 0 Å². The topological polar surface area (TPSA) is 48.1 Å². The summed E-state index contributed by atoms with van der Waals surface area (Å²) in [5, 5.41) is -0.874. The van der Waals surface area contributed by atoms with Gasteiger partial charge in [-0.05, 0) is 5.92 Å². The Morgan fingerprint density at radius 1 is 1.41 bits per heavy atom. The number of aromatic nitrogens is 1. The second kappa shape index (κ2) is 5.32. The van der Waals surface area contributed by atoms with E-state index in [-0.39, 0.29) is 12.0 Å². The smallest absolute Gasteiger partial charge is 0.379 e. The van der Waals surface area contributed by atoms with Gasteiger partial charge in [0, 0.05) is 18.2 Å². The van der Waals surface area contributed by atoms with Gasteiger partial charge in [0.2, 0.25) is 0 Å². The fourth-order valence-electron chi connectivity index (χ4n) is 1.57. The number of nitrogens with zero attached hydrogens (tertiary/aromatic N) is 1. The second-order valence-electron chi connectivity index (χ2n) is 4.04. The Kier molecular flexibility index (Phi) is 4.51. The molecular weight excluding hydrogens is 253 g/mol. The molecule has 0 amide bonds. The Labute approximate surface area is 102 Å². The monoisotopic (exact) mass is 268 g/mol. The van der Waals surface area contributed by atoms with Crippen molar-refractivity contribution in [3.8, 4) is 0 Å². The Bertz CT molecular complexity index is 365. The van der Waals surface area contributed by atoms with Crippen LogP contribution in [0.5, 0.6) is 0 Å². The lowest BCUT2D eigenvalue weighted by molar-refractivity contribution is -0.137. The minimum atomic E-state index is -4.41. The third-order valence-electron chi connectivity index (χ3n) is 2.38. The lowest BCUT2D eigenvalue weighted by Gasteiger charge is -2.24. The van der Waals surface area contributed by atoms with E-state index in [0.29, 0.717) is 16.2 Å². The van der Waals surface area contributed by atoms with Gasteiger partial charge in [-0.25, -0.2) is 4.98 Å². The van der Waals surface area contributed by atoms with Gasteiger partial charge >= 0.3 is 6.18 Å². The zero-order valence-electron chi connectivity index (χ0n) is 9.78. The fourth-order valence-corrected chi connectivity index (χ4v) is 2.39. The summed E-state index contributed by atoms with van der Waals surface area (Å²) in [7, 11) is 1.50. The fraction of sp³-hybridized carbons (Fsp3) is 0.700. The highest BCUT2D eigenvalue weighted by molar-refractivity contribution is 7.11. The normalized spacial score (nSPS) is 16.2. The summed E-state index contributed by atoms with van der Waals surface area (Å²) in [5.41, 5.74) is 5.89. The maximum atomic E-state index is 12.4. The SMILES string of the molecule is COC(C(C)C)C(N)c1cnc(C(F)(F)F)s1. The van der Waals surface area contributed by atoms with Gasteiger partial charge in [0.1, 0.15) is 0 Å². The first-order valence-corrected chi connectivity index (χ1v) is 5.90. The predicted octanol–water partition coefficient (Wildman–Crippen LogP) is 2.83. The highest BCUT2D eigenvalue weighted by Gasteiger charge is 2.36. The van der Waals surface area contributed by atoms with Gasteiger partial charge in [-0.3, -0.25) is 0 Å². The van der Waals surface area contributed by atoms with Crippen molar-refractivity contribution in [2.45, 2.75) is 32.2 Å². The van der Waals surface area contributed by atoms with Crippen LogP contribution in [0.1, 0.15) is 29.8 Å². The molecule has 17 heavy (non-hydrogen) atoms. The minimum Gasteiger partial charge on any atom is -0.379 e. The summed E-state index contributed by atoms with van der Waals surface area (Å²) in [6.45, 7) is 3.81. The molecule has 0 aliphatic rings. The van der Waals surface area contributed by atoms with Gasteiger partial charge in [-0.15, -0.1) is 11.3 Å². The summed E-state index contributed by atoms with van der Waals surface area (Å²) >= 11 is 0.568. The van der Waals surface area contributed by atoms with Crippen LogP contribution in [-0.4, -0.2) is 18.2 Å². The van der Waals surface area contributed by atoms with Gasteiger partial charge in [-0.1, -0.05) is 13.8 Å². The molecule has 0 fully saturated rings. The Balaban J connectivity index is 2.90. The van der Waals surface area contributed by atoms with Gasteiger partial charge in [0.05, 0.1) is 12.1 Å². The Morgan fingerprint density at radius 3 is 2.35 bits per heavy atom. The predicted molar refractivity (Wildman–Crippen MR) is 59.7 cm³/mol. The first-order chi connectivity index (χ1) is 7.77. The van der Waals surface area contributed by atoms with Gasteiger partial charge in [0.25, 0.3) is 0 Å². The quantitative estimate of drug-likeness (QED) is 0.913. The van der Waals surface area contributed by atoms with E-state index in [4.69, 9.17) is 10.5 Å². The Hall–Kier alpha value is -0.660. The molecule has 0 saturated carbocycles. The van der Waals surface area contributed by atoms with E-state index in [2.05, 4.69) is 4.98 Å². The molecule has 1 heterocycles. The molecular formula is C10H15F3N2OS. The number of alkyl halides is 3. The standard InChI is InChI=1S/C10H15F3N2OS/c1-5(2)8(16-3)7(14)6-4-15-9(17-6)10(11,12)13/h4-5,7-8H,14H2,1-3H3. The summed E-state index contributed by atoms with van der Waals surface area (Å²) in [5.74, 6) is 0.117. The molecule has 0 bridgehead atoms. The molecule has 3 nitrogen and oxygen atoms in total. The van der Waals surface area contributed by atoms with E-state index in [0.717, 1.165) is 0 Å². The van der Waals surface area contributed by atoms with Crippen molar-refractivity contribution in [2.24, 2.45) is 11.7 Å². The zero-order chi connectivity index (χ0) is 13.2. The number of hydrogen-bond donors (Lipinski definition) is 1. The zero-order valence-corrected chi connectivity index (χ0v) is 10.6. The molecule has 0 radical (unpaired) electrons. The molecule has 0 aliphatic heterocycles. The van der Waals surface area contributed by atoms with Crippen molar-refractivity contribution in [3.05, 3.63) is 16.1 Å². The van der Waals surface area contributed by atoms with E-state index in [1.165, 1.54) is 13.3 Å². The van der Waals surface area contributed by atoms with Crippen molar-refractivity contribution >= 4 is 11.3 Å². The first kappa shape index (κ1) is 14.4. The lowest BCUT2D eigenvalue weighted by Crippen LogP contribution is -2.31. The van der Waals surface area contributed by atoms with Crippen LogP contribution < -0.4 is 5.73 Å². The highest BCUT2D eigenvalue weighted by atomic mass is 32.1. The number of nitrogens with two attached hydrogens (primary N) is 1. The molecule has 0 aliphatic carbocycles. The van der Waals surface area contributed by atoms with Crippen LogP contribution in [0, 0.1) is 5.92 Å². The molecule has 7 heteroatoms. The van der Waals surface area contributed by atoms with E-state index in [9.17, 15) is 13.2 Å². The maximum Gasteiger partial charge on any atom is 0.443 e. The van der Waals surface area contributed by atoms with Crippen molar-refractivity contribution < 1.29 is 17.9 Å². The van der Waals surface area contributed by atoms with Crippen molar-refractivity contribution in [1.82, 2.24) is 4.98 Å². The number of ether oxygens (including phenoxy) is 1. The van der Waals surface area contributed by atoms with Crippen LogP contribution in [0.4, 0.5) is 13.2 Å². The van der Waals surface area contributed by atoms with Crippen LogP contribution in [0.3, 0.4) is 0 Å². The molecule has 1 aromatic rings. The average Bonchev–Trinajstić information content (AvgIpc) is 2.65. The summed E-state index contributed by atoms with van der Waals surface area (Å²) in [6.07, 6.45) is -3.56. The van der Waals surface area contributed by atoms with Crippen LogP contribution in [0.15, 0.2) is 6.20 Å². The molecule has 1 rings (SSSR count). The molecule has 0 spiro atoms. The summed E-state index contributed by atoms with van der Waals surface area (Å²) in [4.78, 5) is 3.73. The summed E-state index contributed by atoms with van der Waals surface area (Å²) < 4.78 is 42.3. The van der Waals surface area contributed by atoms with Crippen LogP contribution in [0.2, 0.25) is 0 Å². The molecule has 0 aromatic carbocycles. The molecule has 1 aromatic heterocycles. The highest BCUT2D eigenvalue weighted by Crippen LogP contribution is 2.35. The van der Waals surface area contributed by atoms with Gasteiger partial charge < -0.3 is 10.5 Å². The number of halogens is 3. The van der Waals surface area contributed by atoms with E-state index < -0.39 is 17.2 Å². The minimum absolute atomic E-state index is 0.117. The number of methoxy groups -OCH3 is 1. The first-order valence-electron chi connectivity index (χ1n) is 5.08. The largest absolute Gasteiger partial charge is 0.443 e. The third kappa shape index (κ3) is 3.40. The summed E-state index contributed by atoms with van der Waals surface area (Å²) in [6, 6.07) is -0.589. The third-order valence-corrected chi connectivity index (χ3v) is 3.52. The van der Waals surface area contributed by atoms with Crippen molar-refractivity contribution in [1.29, 1.82) is 0 Å². The lowest BCUT2D eigenvalue weighted by atomic mass is 9.99. The molecule has 2 N–H and O–H groups in total. The van der Waals surface area contributed by atoms with Gasteiger partial charge in [-0.2, -0.15) is 13.2 Å². The van der Waals surface area contributed by atoms with Crippen molar-refractivity contribution in [2.75, 3.05) is 7.11 Å². The molecule has 98 valence electrons. The molecule has 2 unspecified atom stereocenters. The van der Waals surface area contributed by atoms with Crippen LogP contribution >= 0.6 is 11.3 Å². The number of thiazole rings is 1. The Morgan fingerprint density at radius 2 is 2.00 bits per heavy atom.